The van der Waals surface area contributed by atoms with Crippen molar-refractivity contribution in [2.24, 2.45) is 0 Å². The normalized spacial score (nSPS) is 13.7. The number of anilines is 3. The van der Waals surface area contributed by atoms with Crippen molar-refractivity contribution in [1.82, 2.24) is 25.6 Å². The average molecular weight is 762 g/mol. The van der Waals surface area contributed by atoms with Crippen LogP contribution in [0.4, 0.5) is 39.5 Å². The zero-order chi connectivity index (χ0) is 38.3. The standard InChI is InChI=1S/C34H29ClF5N7O6/c35-21-5-3-20(4-6-21)33(12-13-33)47-31-44-30(45-32(46-31)53-17-34(38,39)40)42-23-8-1-18(2-9-23)27(49)43-25(29(51)52)11-14-41-28(50)26(48)16-19-15-22(36)7-10-24(19)37/h1-10,15,25H,11-14,16-17H2,(H,41,50)(H,43,49)(H,51,52)(H2,42,44,45,46,47)/t25-/m0/s1. The van der Waals surface area contributed by atoms with Crippen molar-refractivity contribution in [2.45, 2.75) is 43.4 Å². The molecule has 1 fully saturated rings. The zero-order valence-corrected chi connectivity index (χ0v) is 28.0. The molecule has 4 aromatic rings. The molecule has 1 heterocycles. The molecule has 1 aliphatic rings. The largest absolute Gasteiger partial charge is 0.480 e. The van der Waals surface area contributed by atoms with E-state index in [9.17, 15) is 46.2 Å². The summed E-state index contributed by atoms with van der Waals surface area (Å²) in [5.74, 6) is -6.40. The number of halogens is 6. The van der Waals surface area contributed by atoms with Crippen molar-refractivity contribution in [3.8, 4) is 6.01 Å². The zero-order valence-electron chi connectivity index (χ0n) is 27.3. The van der Waals surface area contributed by atoms with Crippen LogP contribution in [0.1, 0.15) is 40.7 Å². The summed E-state index contributed by atoms with van der Waals surface area (Å²) in [5, 5.41) is 20.6. The van der Waals surface area contributed by atoms with Gasteiger partial charge in [-0.2, -0.15) is 28.1 Å². The maximum absolute atomic E-state index is 13.8. The quantitative estimate of drug-likeness (QED) is 0.0757. The molecule has 0 bridgehead atoms. The molecule has 0 saturated heterocycles. The number of nitrogens with zero attached hydrogens (tertiary/aromatic N) is 3. The van der Waals surface area contributed by atoms with Crippen LogP contribution in [0.25, 0.3) is 0 Å². The molecule has 5 rings (SSSR count). The Labute approximate surface area is 302 Å². The third-order valence-electron chi connectivity index (χ3n) is 7.81. The van der Waals surface area contributed by atoms with E-state index < -0.39 is 72.0 Å². The fourth-order valence-electron chi connectivity index (χ4n) is 4.97. The number of alkyl halides is 3. The Morgan fingerprint density at radius 2 is 1.60 bits per heavy atom. The molecule has 1 aliphatic carbocycles. The van der Waals surface area contributed by atoms with Crippen LogP contribution in [-0.2, 0) is 26.3 Å². The highest BCUT2D eigenvalue weighted by Gasteiger charge is 2.45. The molecule has 3 aromatic carbocycles. The van der Waals surface area contributed by atoms with Gasteiger partial charge in [0.05, 0.1) is 5.54 Å². The van der Waals surface area contributed by atoms with Crippen LogP contribution < -0.4 is 26.0 Å². The fraction of sp³-hybridized carbons (Fsp3) is 0.265. The number of ether oxygens (including phenoxy) is 1. The molecule has 0 unspecified atom stereocenters. The van der Waals surface area contributed by atoms with Crippen molar-refractivity contribution in [1.29, 1.82) is 0 Å². The Kier molecular flexibility index (Phi) is 11.7. The number of Topliss-reactive ketones (excluding diaryl/α,β-unsaturated/α-hetero) is 1. The lowest BCUT2D eigenvalue weighted by atomic mass is 10.1. The molecule has 1 aromatic heterocycles. The first-order chi connectivity index (χ1) is 25.1. The summed E-state index contributed by atoms with van der Waals surface area (Å²) in [4.78, 5) is 61.2. The summed E-state index contributed by atoms with van der Waals surface area (Å²) in [6, 6.07) is 12.8. The monoisotopic (exact) mass is 761 g/mol. The summed E-state index contributed by atoms with van der Waals surface area (Å²) < 4.78 is 70.7. The number of aromatic nitrogens is 3. The Bertz CT molecular complexity index is 2000. The molecule has 0 spiro atoms. The van der Waals surface area contributed by atoms with Gasteiger partial charge in [0.25, 0.3) is 11.8 Å². The van der Waals surface area contributed by atoms with E-state index in [-0.39, 0.29) is 36.0 Å². The topological polar surface area (TPSA) is 185 Å². The van der Waals surface area contributed by atoms with Crippen molar-refractivity contribution >= 4 is 52.8 Å². The first-order valence-electron chi connectivity index (χ1n) is 15.7. The third-order valence-corrected chi connectivity index (χ3v) is 8.07. The van der Waals surface area contributed by atoms with Gasteiger partial charge in [0.15, 0.2) is 6.61 Å². The molecule has 13 nitrogen and oxygen atoms in total. The maximum atomic E-state index is 13.8. The third kappa shape index (κ3) is 10.8. The van der Waals surface area contributed by atoms with Crippen LogP contribution in [0, 0.1) is 11.6 Å². The lowest BCUT2D eigenvalue weighted by Gasteiger charge is -2.19. The van der Waals surface area contributed by atoms with Gasteiger partial charge in [0.2, 0.25) is 17.7 Å². The van der Waals surface area contributed by atoms with Crippen LogP contribution in [0.3, 0.4) is 0 Å². The summed E-state index contributed by atoms with van der Waals surface area (Å²) >= 11 is 6.00. The molecule has 1 saturated carbocycles. The van der Waals surface area contributed by atoms with Gasteiger partial charge in [0, 0.05) is 29.2 Å². The van der Waals surface area contributed by atoms with Crippen molar-refractivity contribution in [2.75, 3.05) is 23.8 Å². The summed E-state index contributed by atoms with van der Waals surface area (Å²) in [7, 11) is 0. The second-order valence-electron chi connectivity index (χ2n) is 11.8. The van der Waals surface area contributed by atoms with Gasteiger partial charge in [0.1, 0.15) is 17.7 Å². The average Bonchev–Trinajstić information content (AvgIpc) is 3.88. The second-order valence-corrected chi connectivity index (χ2v) is 12.3. The molecule has 19 heteroatoms. The highest BCUT2D eigenvalue weighted by molar-refractivity contribution is 6.36. The van der Waals surface area contributed by atoms with Crippen LogP contribution in [0.5, 0.6) is 6.01 Å². The van der Waals surface area contributed by atoms with E-state index in [1.165, 1.54) is 24.3 Å². The van der Waals surface area contributed by atoms with Gasteiger partial charge in [-0.05, 0) is 85.0 Å². The minimum absolute atomic E-state index is 0.0176. The lowest BCUT2D eigenvalue weighted by molar-refractivity contribution is -0.154. The molecular weight excluding hydrogens is 733 g/mol. The smallest absolute Gasteiger partial charge is 0.422 e. The van der Waals surface area contributed by atoms with Crippen LogP contribution in [-0.4, -0.2) is 69.0 Å². The maximum Gasteiger partial charge on any atom is 0.422 e. The van der Waals surface area contributed by atoms with Gasteiger partial charge < -0.3 is 31.1 Å². The number of benzene rings is 3. The Morgan fingerprint density at radius 3 is 2.25 bits per heavy atom. The Hall–Kier alpha value is -5.91. The summed E-state index contributed by atoms with van der Waals surface area (Å²) in [6.45, 7) is -2.00. The number of carboxylic acid groups (broad SMARTS) is 1. The Morgan fingerprint density at radius 1 is 0.925 bits per heavy atom. The summed E-state index contributed by atoms with van der Waals surface area (Å²) in [5.41, 5.74) is 0.266. The van der Waals surface area contributed by atoms with Crippen molar-refractivity contribution in [3.63, 3.8) is 0 Å². The number of carbonyl (C=O) groups is 4. The van der Waals surface area contributed by atoms with E-state index in [1.54, 1.807) is 12.1 Å². The number of nitrogens with one attached hydrogen (secondary N) is 4. The van der Waals surface area contributed by atoms with E-state index in [2.05, 4.69) is 36.2 Å². The highest BCUT2D eigenvalue weighted by Crippen LogP contribution is 2.48. The number of carboxylic acids is 1. The predicted molar refractivity (Wildman–Crippen MR) is 179 cm³/mol. The number of carbonyl (C=O) groups excluding carboxylic acids is 3. The Balaban J connectivity index is 1.19. The molecule has 278 valence electrons. The number of hydrogen-bond acceptors (Lipinski definition) is 10. The predicted octanol–water partition coefficient (Wildman–Crippen LogP) is 5.09. The van der Waals surface area contributed by atoms with E-state index in [1.807, 2.05) is 12.1 Å². The SMILES string of the molecule is O=C(Cc1cc(F)ccc1F)C(=O)NCC[C@H](NC(=O)c1ccc(Nc2nc(NC3(c4ccc(Cl)cc4)CC3)nc(OCC(F)(F)F)n2)cc1)C(=O)O. The molecule has 0 aliphatic heterocycles. The number of hydrogen-bond donors (Lipinski definition) is 5. The number of aliphatic carboxylic acids is 1. The van der Waals surface area contributed by atoms with Gasteiger partial charge >= 0.3 is 18.2 Å². The van der Waals surface area contributed by atoms with Gasteiger partial charge in [-0.25, -0.2) is 13.6 Å². The number of ketones is 1. The molecular formula is C34H29ClF5N7O6. The van der Waals surface area contributed by atoms with E-state index in [0.717, 1.165) is 23.8 Å². The van der Waals surface area contributed by atoms with Gasteiger partial charge in [-0.3, -0.25) is 14.4 Å². The van der Waals surface area contributed by atoms with Crippen molar-refractivity contribution in [3.05, 3.63) is 100 Å². The lowest BCUT2D eigenvalue weighted by Crippen LogP contribution is -2.43. The fourth-order valence-corrected chi connectivity index (χ4v) is 5.09. The minimum atomic E-state index is -4.66. The highest BCUT2D eigenvalue weighted by atomic mass is 35.5. The van der Waals surface area contributed by atoms with Crippen LogP contribution in [0.2, 0.25) is 5.02 Å². The number of rotatable bonds is 16. The van der Waals surface area contributed by atoms with E-state index >= 15 is 0 Å². The first kappa shape index (κ1) is 38.3. The van der Waals surface area contributed by atoms with Gasteiger partial charge in [-0.15, -0.1) is 0 Å². The number of amides is 2. The van der Waals surface area contributed by atoms with E-state index in [4.69, 9.17) is 16.3 Å². The summed E-state index contributed by atoms with van der Waals surface area (Å²) in [6.07, 6.45) is -4.35. The van der Waals surface area contributed by atoms with Gasteiger partial charge in [-0.1, -0.05) is 23.7 Å². The molecule has 2 amide bonds. The second kappa shape index (κ2) is 16.2. The van der Waals surface area contributed by atoms with Crippen molar-refractivity contribution < 1.29 is 51.0 Å². The van der Waals surface area contributed by atoms with E-state index in [0.29, 0.717) is 23.6 Å². The first-order valence-corrected chi connectivity index (χ1v) is 16.1. The molecule has 53 heavy (non-hydrogen) atoms. The molecule has 5 N–H and O–H groups in total. The minimum Gasteiger partial charge on any atom is -0.480 e. The molecule has 1 atom stereocenters. The van der Waals surface area contributed by atoms with Crippen LogP contribution in [0.15, 0.2) is 66.7 Å². The molecule has 0 radical (unpaired) electrons. The van der Waals surface area contributed by atoms with Crippen LogP contribution >= 0.6 is 11.6 Å².